The SMILES string of the molecule is COC(=O)[C@@H]1O[C@H](C(=O)O)C[C@@H]1C. The number of methoxy groups -OCH3 is 1. The second-order valence-corrected chi connectivity index (χ2v) is 3.12. The van der Waals surface area contributed by atoms with Gasteiger partial charge in [0.1, 0.15) is 0 Å². The highest BCUT2D eigenvalue weighted by Gasteiger charge is 2.40. The molecule has 1 rings (SSSR count). The van der Waals surface area contributed by atoms with Crippen LogP contribution in [-0.2, 0) is 19.1 Å². The normalized spacial score (nSPS) is 32.9. The average Bonchev–Trinajstić information content (AvgIpc) is 2.46. The van der Waals surface area contributed by atoms with Crippen molar-refractivity contribution in [3.05, 3.63) is 0 Å². The fourth-order valence-electron chi connectivity index (χ4n) is 1.39. The largest absolute Gasteiger partial charge is 0.479 e. The van der Waals surface area contributed by atoms with Crippen LogP contribution in [0.25, 0.3) is 0 Å². The number of esters is 1. The molecule has 0 aromatic heterocycles. The molecular formula is C8H12O5. The van der Waals surface area contributed by atoms with E-state index in [2.05, 4.69) is 4.74 Å². The molecule has 5 heteroatoms. The topological polar surface area (TPSA) is 72.8 Å². The van der Waals surface area contributed by atoms with Crippen molar-refractivity contribution < 1.29 is 24.2 Å². The molecule has 0 spiro atoms. The number of aliphatic carboxylic acids is 1. The monoisotopic (exact) mass is 188 g/mol. The van der Waals surface area contributed by atoms with Crippen LogP contribution in [0.4, 0.5) is 0 Å². The van der Waals surface area contributed by atoms with Crippen LogP contribution in [0.1, 0.15) is 13.3 Å². The van der Waals surface area contributed by atoms with Crippen molar-refractivity contribution in [3.63, 3.8) is 0 Å². The lowest BCUT2D eigenvalue weighted by Gasteiger charge is -2.11. The fraction of sp³-hybridized carbons (Fsp3) is 0.750. The van der Waals surface area contributed by atoms with Crippen LogP contribution >= 0.6 is 0 Å². The van der Waals surface area contributed by atoms with E-state index in [0.29, 0.717) is 6.42 Å². The molecule has 0 aromatic rings. The molecule has 0 radical (unpaired) electrons. The Bertz CT molecular complexity index is 225. The minimum absolute atomic E-state index is 0.103. The van der Waals surface area contributed by atoms with Crippen LogP contribution < -0.4 is 0 Å². The van der Waals surface area contributed by atoms with Gasteiger partial charge in [0.2, 0.25) is 0 Å². The number of ether oxygens (including phenoxy) is 2. The van der Waals surface area contributed by atoms with Gasteiger partial charge < -0.3 is 14.6 Å². The smallest absolute Gasteiger partial charge is 0.335 e. The number of carbonyl (C=O) groups excluding carboxylic acids is 1. The van der Waals surface area contributed by atoms with Crippen LogP contribution in [0.5, 0.6) is 0 Å². The van der Waals surface area contributed by atoms with Gasteiger partial charge in [0.25, 0.3) is 0 Å². The van der Waals surface area contributed by atoms with E-state index in [4.69, 9.17) is 9.84 Å². The maximum atomic E-state index is 11.1. The van der Waals surface area contributed by atoms with Gasteiger partial charge in [-0.05, 0) is 12.3 Å². The van der Waals surface area contributed by atoms with E-state index in [0.717, 1.165) is 0 Å². The molecule has 0 aromatic carbocycles. The van der Waals surface area contributed by atoms with Gasteiger partial charge in [-0.15, -0.1) is 0 Å². The molecule has 1 N–H and O–H groups in total. The molecule has 1 saturated heterocycles. The minimum Gasteiger partial charge on any atom is -0.479 e. The van der Waals surface area contributed by atoms with Crippen molar-refractivity contribution in [3.8, 4) is 0 Å². The summed E-state index contributed by atoms with van der Waals surface area (Å²) in [6, 6.07) is 0. The Kier molecular flexibility index (Phi) is 2.87. The molecule has 0 amide bonds. The molecule has 1 heterocycles. The molecule has 1 fully saturated rings. The Morgan fingerprint density at radius 2 is 2.15 bits per heavy atom. The maximum Gasteiger partial charge on any atom is 0.335 e. The third-order valence-electron chi connectivity index (χ3n) is 2.12. The number of hydrogen-bond donors (Lipinski definition) is 1. The molecule has 3 atom stereocenters. The highest BCUT2D eigenvalue weighted by molar-refractivity contribution is 5.78. The van der Waals surface area contributed by atoms with Crippen LogP contribution in [0.2, 0.25) is 0 Å². The van der Waals surface area contributed by atoms with E-state index < -0.39 is 24.1 Å². The number of hydrogen-bond acceptors (Lipinski definition) is 4. The van der Waals surface area contributed by atoms with Crippen molar-refractivity contribution in [1.29, 1.82) is 0 Å². The maximum absolute atomic E-state index is 11.1. The Morgan fingerprint density at radius 1 is 1.54 bits per heavy atom. The summed E-state index contributed by atoms with van der Waals surface area (Å²) >= 11 is 0. The first-order valence-corrected chi connectivity index (χ1v) is 4.02. The summed E-state index contributed by atoms with van der Waals surface area (Å²) < 4.78 is 9.49. The summed E-state index contributed by atoms with van der Waals surface area (Å²) in [6.45, 7) is 1.77. The van der Waals surface area contributed by atoms with Gasteiger partial charge in [-0.2, -0.15) is 0 Å². The Labute approximate surface area is 75.6 Å². The van der Waals surface area contributed by atoms with E-state index in [1.165, 1.54) is 7.11 Å². The Hall–Kier alpha value is -1.10. The van der Waals surface area contributed by atoms with Crippen molar-refractivity contribution >= 4 is 11.9 Å². The van der Waals surface area contributed by atoms with Gasteiger partial charge in [0.15, 0.2) is 12.2 Å². The summed E-state index contributed by atoms with van der Waals surface area (Å²) in [5, 5.41) is 8.63. The summed E-state index contributed by atoms with van der Waals surface area (Å²) in [4.78, 5) is 21.6. The third kappa shape index (κ3) is 1.98. The van der Waals surface area contributed by atoms with Crippen molar-refractivity contribution in [2.45, 2.75) is 25.6 Å². The minimum atomic E-state index is -1.03. The second-order valence-electron chi connectivity index (χ2n) is 3.12. The van der Waals surface area contributed by atoms with E-state index >= 15 is 0 Å². The van der Waals surface area contributed by atoms with Gasteiger partial charge in [0.05, 0.1) is 7.11 Å². The summed E-state index contributed by atoms with van der Waals surface area (Å²) in [7, 11) is 1.26. The summed E-state index contributed by atoms with van der Waals surface area (Å²) in [5.74, 6) is -1.64. The van der Waals surface area contributed by atoms with E-state index in [-0.39, 0.29) is 5.92 Å². The summed E-state index contributed by atoms with van der Waals surface area (Å²) in [6.07, 6.45) is -1.25. The highest BCUT2D eigenvalue weighted by Crippen LogP contribution is 2.26. The van der Waals surface area contributed by atoms with Gasteiger partial charge in [-0.25, -0.2) is 9.59 Å². The zero-order valence-corrected chi connectivity index (χ0v) is 7.52. The quantitative estimate of drug-likeness (QED) is 0.619. The van der Waals surface area contributed by atoms with Gasteiger partial charge >= 0.3 is 11.9 Å². The van der Waals surface area contributed by atoms with E-state index in [1.807, 2.05) is 0 Å². The number of rotatable bonds is 2. The predicted octanol–water partition coefficient (Wildman–Crippen LogP) is 0.0376. The molecular weight excluding hydrogens is 176 g/mol. The fourth-order valence-corrected chi connectivity index (χ4v) is 1.39. The van der Waals surface area contributed by atoms with Crippen LogP contribution in [0, 0.1) is 5.92 Å². The molecule has 0 saturated carbocycles. The molecule has 0 aliphatic carbocycles. The zero-order valence-electron chi connectivity index (χ0n) is 7.52. The van der Waals surface area contributed by atoms with Crippen molar-refractivity contribution in [1.82, 2.24) is 0 Å². The zero-order chi connectivity index (χ0) is 10.0. The second kappa shape index (κ2) is 3.74. The number of carboxylic acids is 1. The Balaban J connectivity index is 2.61. The predicted molar refractivity (Wildman–Crippen MR) is 42.1 cm³/mol. The molecule has 1 aliphatic heterocycles. The van der Waals surface area contributed by atoms with Crippen LogP contribution in [0.15, 0.2) is 0 Å². The van der Waals surface area contributed by atoms with Gasteiger partial charge in [0, 0.05) is 0 Å². The lowest BCUT2D eigenvalue weighted by Crippen LogP contribution is -2.28. The lowest BCUT2D eigenvalue weighted by molar-refractivity contribution is -0.160. The molecule has 1 aliphatic rings. The average molecular weight is 188 g/mol. The van der Waals surface area contributed by atoms with Crippen molar-refractivity contribution in [2.75, 3.05) is 7.11 Å². The third-order valence-corrected chi connectivity index (χ3v) is 2.12. The van der Waals surface area contributed by atoms with E-state index in [1.54, 1.807) is 6.92 Å². The number of carbonyl (C=O) groups is 2. The standard InChI is InChI=1S/C8H12O5/c1-4-3-5(7(9)10)13-6(4)8(11)12-2/h4-6H,3H2,1-2H3,(H,9,10)/t4-,5-,6+/m0/s1. The molecule has 0 bridgehead atoms. The molecule has 13 heavy (non-hydrogen) atoms. The summed E-state index contributed by atoms with van der Waals surface area (Å²) in [5.41, 5.74) is 0. The van der Waals surface area contributed by atoms with Gasteiger partial charge in [-0.1, -0.05) is 6.92 Å². The van der Waals surface area contributed by atoms with Gasteiger partial charge in [-0.3, -0.25) is 0 Å². The first-order chi connectivity index (χ1) is 6.06. The van der Waals surface area contributed by atoms with Crippen LogP contribution in [-0.4, -0.2) is 36.4 Å². The van der Waals surface area contributed by atoms with Crippen LogP contribution in [0.3, 0.4) is 0 Å². The van der Waals surface area contributed by atoms with Crippen molar-refractivity contribution in [2.24, 2.45) is 5.92 Å². The highest BCUT2D eigenvalue weighted by atomic mass is 16.6. The number of carboxylic acid groups (broad SMARTS) is 1. The molecule has 74 valence electrons. The Morgan fingerprint density at radius 3 is 2.54 bits per heavy atom. The van der Waals surface area contributed by atoms with E-state index in [9.17, 15) is 9.59 Å². The molecule has 5 nitrogen and oxygen atoms in total. The lowest BCUT2D eigenvalue weighted by atomic mass is 10.0. The first kappa shape index (κ1) is 9.98. The first-order valence-electron chi connectivity index (χ1n) is 4.02. The molecule has 0 unspecified atom stereocenters.